The van der Waals surface area contributed by atoms with Gasteiger partial charge >= 0.3 is 75.6 Å². The minimum atomic E-state index is 0. The summed E-state index contributed by atoms with van der Waals surface area (Å²) in [4.78, 5) is 0. The number of hydrogen-bond donors (Lipinski definition) is 0. The predicted molar refractivity (Wildman–Crippen MR) is 18.6 cm³/mol. The Kier molecular flexibility index (Phi) is 328. The van der Waals surface area contributed by atoms with E-state index >= 15 is 0 Å². The van der Waals surface area contributed by atoms with Gasteiger partial charge in [0.15, 0.2) is 0 Å². The second-order valence-corrected chi connectivity index (χ2v) is 0. The van der Waals surface area contributed by atoms with E-state index < -0.39 is 0 Å². The zero-order valence-electron chi connectivity index (χ0n) is 2.47. The summed E-state index contributed by atoms with van der Waals surface area (Å²) in [7, 11) is 0. The van der Waals surface area contributed by atoms with Crippen molar-refractivity contribution in [2.45, 2.75) is 0 Å². The molecule has 0 saturated carbocycles. The molecule has 5 heavy (non-hydrogen) atoms. The Morgan fingerprint density at radius 3 is 0.600 bits per heavy atom. The second-order valence-electron chi connectivity index (χ2n) is 0. The maximum absolute atomic E-state index is 0. The Balaban J connectivity index is 0. The second kappa shape index (κ2) is 31.8. The molecule has 0 fully saturated rings. The average Bonchev–Trinajstić information content (AvgIpc) is 0. The van der Waals surface area contributed by atoms with E-state index in [4.69, 9.17) is 0 Å². The van der Waals surface area contributed by atoms with Crippen LogP contribution < -0.4 is 0 Å². The van der Waals surface area contributed by atoms with Crippen LogP contribution in [0, 0.1) is 0 Å². The fourth-order valence-electron chi connectivity index (χ4n) is 0. The van der Waals surface area contributed by atoms with Crippen molar-refractivity contribution in [3.8, 4) is 0 Å². The molecular weight excluding hydrogens is 380 g/mol. The maximum Gasteiger partial charge on any atom is 4.00 e. The van der Waals surface area contributed by atoms with Crippen LogP contribution in [0.3, 0.4) is 0 Å². The minimum Gasteiger partial charge on any atom is -2.00 e. The monoisotopic (exact) mass is 382 g/mol. The first-order valence-corrected chi connectivity index (χ1v) is 0. The van der Waals surface area contributed by atoms with Gasteiger partial charge in [-0.3, -0.25) is 0 Å². The van der Waals surface area contributed by atoms with E-state index in [9.17, 15) is 0 Å². The molecule has 0 aliphatic rings. The Labute approximate surface area is 85.2 Å². The summed E-state index contributed by atoms with van der Waals surface area (Å²) in [6.07, 6.45) is 0. The molecule has 0 N–H and O–H groups in total. The van der Waals surface area contributed by atoms with Crippen LogP contribution in [-0.4, -0.2) is 75.6 Å². The van der Waals surface area contributed by atoms with Gasteiger partial charge in [-0.1, -0.05) is 0 Å². The van der Waals surface area contributed by atoms with Crippen molar-refractivity contribution in [3.05, 3.63) is 0 Å². The first kappa shape index (κ1) is 51.5. The fourth-order valence-corrected chi connectivity index (χ4v) is 0. The molecule has 0 aromatic rings. The summed E-state index contributed by atoms with van der Waals surface area (Å²) < 4.78 is 0. The van der Waals surface area contributed by atoms with Crippen LogP contribution in [0.25, 0.3) is 0 Å². The fraction of sp³-hybridized carbons (Fsp3) is 0. The zero-order valence-corrected chi connectivity index (χ0v) is 11.9. The van der Waals surface area contributed by atoms with Gasteiger partial charge in [-0.2, -0.15) is 0 Å². The SMILES string of the molecule is [In+3].[In+3].[O-2].[O-2].[Sn+4]. The van der Waals surface area contributed by atoms with Gasteiger partial charge in [0.25, 0.3) is 0 Å². The van der Waals surface area contributed by atoms with Crippen molar-refractivity contribution in [2.75, 3.05) is 0 Å². The molecule has 0 spiro atoms. The molecule has 0 amide bonds. The van der Waals surface area contributed by atoms with Crippen molar-refractivity contribution in [1.82, 2.24) is 0 Å². The molecule has 0 bridgehead atoms. The van der Waals surface area contributed by atoms with Crippen molar-refractivity contribution >= 4 is 75.6 Å². The van der Waals surface area contributed by atoms with Gasteiger partial charge in [-0.15, -0.1) is 0 Å². The molecule has 0 aliphatic heterocycles. The van der Waals surface area contributed by atoms with Crippen molar-refractivity contribution in [3.63, 3.8) is 0 Å². The van der Waals surface area contributed by atoms with Crippen LogP contribution in [-0.2, 0) is 11.0 Å². The molecule has 0 rings (SSSR count). The summed E-state index contributed by atoms with van der Waals surface area (Å²) in [6, 6.07) is 0. The largest absolute Gasteiger partial charge is 4.00 e. The zero-order chi connectivity index (χ0) is 0. The molecule has 0 unspecified atom stereocenters. The quantitative estimate of drug-likeness (QED) is 0.466. The Hall–Kier alpha value is 2.46. The summed E-state index contributed by atoms with van der Waals surface area (Å²) in [6.45, 7) is 0. The summed E-state index contributed by atoms with van der Waals surface area (Å²) >= 11 is 0. The van der Waals surface area contributed by atoms with E-state index in [-0.39, 0.29) is 86.5 Å². The average molecular weight is 380 g/mol. The van der Waals surface area contributed by atoms with Crippen LogP contribution in [0.4, 0.5) is 0 Å². The van der Waals surface area contributed by atoms with E-state index in [1.165, 1.54) is 0 Å². The molecular formula is In2O2Sn+6. The van der Waals surface area contributed by atoms with Gasteiger partial charge in [-0.25, -0.2) is 0 Å². The number of hydrogen-bond acceptors (Lipinski definition) is 0. The Bertz CT molecular complexity index is 7.61. The molecule has 0 radical (unpaired) electrons. The number of rotatable bonds is 0. The third-order valence-corrected chi connectivity index (χ3v) is 0. The normalized spacial score (nSPS) is 0. The van der Waals surface area contributed by atoms with Crippen LogP contribution in [0.2, 0.25) is 0 Å². The van der Waals surface area contributed by atoms with Crippen LogP contribution >= 0.6 is 0 Å². The van der Waals surface area contributed by atoms with Crippen LogP contribution in [0.5, 0.6) is 0 Å². The van der Waals surface area contributed by atoms with Crippen molar-refractivity contribution in [1.29, 1.82) is 0 Å². The van der Waals surface area contributed by atoms with E-state index in [0.717, 1.165) is 0 Å². The third kappa shape index (κ3) is 21.2. The van der Waals surface area contributed by atoms with E-state index in [1.54, 1.807) is 0 Å². The minimum absolute atomic E-state index is 0. The van der Waals surface area contributed by atoms with Gasteiger partial charge in [0.05, 0.1) is 0 Å². The summed E-state index contributed by atoms with van der Waals surface area (Å²) in [5, 5.41) is 0. The molecule has 2 nitrogen and oxygen atoms in total. The predicted octanol–water partition coefficient (Wildman–Crippen LogP) is -1.38. The smallest absolute Gasteiger partial charge is 2.00 e. The molecule has 0 saturated heterocycles. The molecule has 0 aromatic heterocycles. The Morgan fingerprint density at radius 2 is 0.600 bits per heavy atom. The first-order valence-electron chi connectivity index (χ1n) is 0. The third-order valence-electron chi connectivity index (χ3n) is 0. The molecule has 5 heteroatoms. The van der Waals surface area contributed by atoms with Gasteiger partial charge in [0, 0.05) is 0 Å². The summed E-state index contributed by atoms with van der Waals surface area (Å²) in [5.41, 5.74) is 0. The topological polar surface area (TPSA) is 57.0 Å². The van der Waals surface area contributed by atoms with Crippen LogP contribution in [0.15, 0.2) is 0 Å². The molecule has 0 aromatic carbocycles. The van der Waals surface area contributed by atoms with Crippen molar-refractivity contribution in [2.24, 2.45) is 0 Å². The van der Waals surface area contributed by atoms with Gasteiger partial charge in [0.1, 0.15) is 0 Å². The molecule has 16 valence electrons. The van der Waals surface area contributed by atoms with E-state index in [0.29, 0.717) is 0 Å². The van der Waals surface area contributed by atoms with E-state index in [1.807, 2.05) is 0 Å². The van der Waals surface area contributed by atoms with Gasteiger partial charge in [-0.05, 0) is 0 Å². The molecule has 0 aliphatic carbocycles. The molecule has 0 heterocycles. The first-order chi connectivity index (χ1) is 0. The van der Waals surface area contributed by atoms with Crippen LogP contribution in [0.1, 0.15) is 0 Å². The molecule has 0 atom stereocenters. The van der Waals surface area contributed by atoms with Gasteiger partial charge in [0.2, 0.25) is 0 Å². The maximum atomic E-state index is 0. The van der Waals surface area contributed by atoms with Crippen molar-refractivity contribution < 1.29 is 11.0 Å². The standard InChI is InChI=1S/2In.2O.Sn/q2*+3;2*-2;+4. The van der Waals surface area contributed by atoms with E-state index in [2.05, 4.69) is 0 Å². The Morgan fingerprint density at radius 1 is 0.600 bits per heavy atom. The van der Waals surface area contributed by atoms with Gasteiger partial charge < -0.3 is 11.0 Å². The summed E-state index contributed by atoms with van der Waals surface area (Å²) in [5.74, 6) is 0.